The number of ether oxygens (including phenoxy) is 6. The van der Waals surface area contributed by atoms with Crippen LogP contribution in [0.15, 0.2) is 11.6 Å². The molecule has 5 fully saturated rings. The van der Waals surface area contributed by atoms with E-state index in [4.69, 9.17) is 28.4 Å². The highest BCUT2D eigenvalue weighted by Crippen LogP contribution is 2.70. The number of aliphatic hydroxyl groups excluding tert-OH is 1. The third kappa shape index (κ3) is 4.33. The zero-order valence-electron chi connectivity index (χ0n) is 23.8. The van der Waals surface area contributed by atoms with Crippen molar-refractivity contribution in [2.75, 3.05) is 19.8 Å². The average molecular weight is 551 g/mol. The average Bonchev–Trinajstić information content (AvgIpc) is 3.38. The minimum atomic E-state index is -1.18. The molecule has 39 heavy (non-hydrogen) atoms. The maximum absolute atomic E-state index is 13.2. The fourth-order valence-corrected chi connectivity index (χ4v) is 8.25. The quantitative estimate of drug-likeness (QED) is 0.228. The summed E-state index contributed by atoms with van der Waals surface area (Å²) in [7, 11) is 0. The van der Waals surface area contributed by atoms with Gasteiger partial charge in [-0.05, 0) is 39.0 Å². The Labute approximate surface area is 229 Å². The Balaban J connectivity index is 1.68. The van der Waals surface area contributed by atoms with Gasteiger partial charge in [0.05, 0.1) is 30.8 Å². The zero-order chi connectivity index (χ0) is 28.3. The van der Waals surface area contributed by atoms with Crippen LogP contribution in [-0.4, -0.2) is 79.1 Å². The molecule has 1 unspecified atom stereocenters. The fraction of sp³-hybridized carbons (Fsp3) is 0.828. The van der Waals surface area contributed by atoms with Gasteiger partial charge in [-0.25, -0.2) is 4.79 Å². The molecule has 1 N–H and O–H groups in total. The predicted molar refractivity (Wildman–Crippen MR) is 136 cm³/mol. The molecular formula is C29H42O10. The Morgan fingerprint density at radius 3 is 2.38 bits per heavy atom. The Bertz CT molecular complexity index is 1020. The Hall–Kier alpha value is -2.01. The summed E-state index contributed by atoms with van der Waals surface area (Å²) in [6.45, 7) is 11.1. The van der Waals surface area contributed by atoms with E-state index < -0.39 is 58.6 Å². The number of epoxide rings is 1. The number of hydrogen-bond donors (Lipinski definition) is 1. The van der Waals surface area contributed by atoms with E-state index in [1.54, 1.807) is 19.9 Å². The highest BCUT2D eigenvalue weighted by Gasteiger charge is 2.81. The second-order valence-electron chi connectivity index (χ2n) is 12.4. The molecule has 10 nitrogen and oxygen atoms in total. The SMILES string of the molecule is C/C=C(\C)C(=O)O[C@@H]1C[C@H](O)[C@]2(CO2)[C@]2(COC(C)=O)[C@@H](OC(C)=O)C[C@@H](C)[C@](C)(C3C[C@H]4CCO[C@H]4O3)[C@@H]12. The number of esters is 3. The van der Waals surface area contributed by atoms with Gasteiger partial charge in [-0.2, -0.15) is 0 Å². The van der Waals surface area contributed by atoms with Crippen LogP contribution in [0, 0.1) is 28.6 Å². The molecule has 1 spiro atoms. The summed E-state index contributed by atoms with van der Waals surface area (Å²) < 4.78 is 36.5. The van der Waals surface area contributed by atoms with Gasteiger partial charge in [-0.15, -0.1) is 0 Å². The van der Waals surface area contributed by atoms with Crippen molar-refractivity contribution in [2.24, 2.45) is 28.6 Å². The normalized spacial score (nSPS) is 46.8. The smallest absolute Gasteiger partial charge is 0.333 e. The molecule has 11 atom stereocenters. The molecule has 0 radical (unpaired) electrons. The lowest BCUT2D eigenvalue weighted by Gasteiger charge is -2.65. The Kier molecular flexibility index (Phi) is 7.40. The molecule has 3 heterocycles. The first-order valence-corrected chi connectivity index (χ1v) is 14.1. The van der Waals surface area contributed by atoms with Gasteiger partial charge < -0.3 is 33.5 Å². The van der Waals surface area contributed by atoms with Crippen LogP contribution in [0.1, 0.15) is 67.2 Å². The van der Waals surface area contributed by atoms with Crippen LogP contribution < -0.4 is 0 Å². The van der Waals surface area contributed by atoms with Gasteiger partial charge in [-0.1, -0.05) is 19.9 Å². The van der Waals surface area contributed by atoms with Crippen molar-refractivity contribution in [1.29, 1.82) is 0 Å². The summed E-state index contributed by atoms with van der Waals surface area (Å²) in [4.78, 5) is 37.9. The van der Waals surface area contributed by atoms with E-state index in [0.29, 0.717) is 18.6 Å². The molecule has 10 heteroatoms. The molecule has 5 aliphatic rings. The molecule has 2 aliphatic carbocycles. The van der Waals surface area contributed by atoms with Gasteiger partial charge in [0, 0.05) is 43.1 Å². The lowest BCUT2D eigenvalue weighted by atomic mass is 9.41. The van der Waals surface area contributed by atoms with E-state index in [9.17, 15) is 19.5 Å². The third-order valence-electron chi connectivity index (χ3n) is 10.5. The molecule has 218 valence electrons. The molecule has 0 aromatic heterocycles. The van der Waals surface area contributed by atoms with Gasteiger partial charge in [0.15, 0.2) is 6.29 Å². The molecule has 0 aromatic carbocycles. The minimum Gasteiger partial charge on any atom is -0.465 e. The van der Waals surface area contributed by atoms with Crippen LogP contribution in [0.5, 0.6) is 0 Å². The minimum absolute atomic E-state index is 0.0452. The van der Waals surface area contributed by atoms with E-state index in [-0.39, 0.29) is 43.9 Å². The van der Waals surface area contributed by atoms with E-state index in [0.717, 1.165) is 12.8 Å². The van der Waals surface area contributed by atoms with Crippen LogP contribution in [0.3, 0.4) is 0 Å². The first kappa shape index (κ1) is 28.5. The maximum Gasteiger partial charge on any atom is 0.333 e. The Morgan fingerprint density at radius 1 is 1.08 bits per heavy atom. The monoisotopic (exact) mass is 550 g/mol. The number of rotatable bonds is 6. The van der Waals surface area contributed by atoms with Gasteiger partial charge in [-0.3, -0.25) is 9.59 Å². The van der Waals surface area contributed by atoms with Crippen molar-refractivity contribution in [3.05, 3.63) is 11.6 Å². The van der Waals surface area contributed by atoms with Gasteiger partial charge in [0.25, 0.3) is 0 Å². The topological polar surface area (TPSA) is 130 Å². The molecule has 2 saturated carbocycles. The molecule has 0 aromatic rings. The van der Waals surface area contributed by atoms with Crippen molar-refractivity contribution in [3.63, 3.8) is 0 Å². The largest absolute Gasteiger partial charge is 0.465 e. The lowest BCUT2D eigenvalue weighted by molar-refractivity contribution is -0.292. The lowest BCUT2D eigenvalue weighted by Crippen LogP contribution is -2.75. The first-order chi connectivity index (χ1) is 18.4. The summed E-state index contributed by atoms with van der Waals surface area (Å²) >= 11 is 0. The molecule has 3 aliphatic heterocycles. The van der Waals surface area contributed by atoms with Crippen LogP contribution in [0.25, 0.3) is 0 Å². The second-order valence-corrected chi connectivity index (χ2v) is 12.4. The summed E-state index contributed by atoms with van der Waals surface area (Å²) in [5.74, 6) is -1.78. The van der Waals surface area contributed by atoms with Gasteiger partial charge in [0.1, 0.15) is 24.4 Å². The highest BCUT2D eigenvalue weighted by molar-refractivity contribution is 5.87. The van der Waals surface area contributed by atoms with Crippen molar-refractivity contribution < 1.29 is 47.9 Å². The van der Waals surface area contributed by atoms with Crippen LogP contribution >= 0.6 is 0 Å². The number of carbonyl (C=O) groups is 3. The zero-order valence-corrected chi connectivity index (χ0v) is 23.8. The maximum atomic E-state index is 13.2. The third-order valence-corrected chi connectivity index (χ3v) is 10.5. The summed E-state index contributed by atoms with van der Waals surface area (Å²) in [5, 5.41) is 11.6. The molecule has 0 amide bonds. The van der Waals surface area contributed by atoms with Crippen LogP contribution in [-0.2, 0) is 42.8 Å². The first-order valence-electron chi connectivity index (χ1n) is 14.1. The molecular weight excluding hydrogens is 508 g/mol. The fourth-order valence-electron chi connectivity index (χ4n) is 8.25. The number of aliphatic hydroxyl groups is 1. The Morgan fingerprint density at radius 2 is 1.79 bits per heavy atom. The van der Waals surface area contributed by atoms with E-state index in [1.807, 2.05) is 0 Å². The van der Waals surface area contributed by atoms with Crippen molar-refractivity contribution in [3.8, 4) is 0 Å². The standard InChI is InChI=1S/C29H42O10/c1-7-15(2)25(33)38-20-12-21(32)29(14-36-29)28(13-35-17(4)30)23(37-18(5)31)10-16(3)27(6,24(20)28)22-11-19-8-9-34-26(19)39-22/h7,16,19-24,26,32H,8-14H2,1-6H3/b15-7+/t16-,19-,20-,21+,22?,23+,24-,26+,27-,28-,29-/m1/s1. The second kappa shape index (κ2) is 10.1. The number of hydrogen-bond acceptors (Lipinski definition) is 10. The van der Waals surface area contributed by atoms with Crippen molar-refractivity contribution >= 4 is 17.9 Å². The van der Waals surface area contributed by atoms with Gasteiger partial charge >= 0.3 is 17.9 Å². The van der Waals surface area contributed by atoms with E-state index in [1.165, 1.54) is 13.8 Å². The molecule has 5 rings (SSSR count). The number of carbonyl (C=O) groups excluding carboxylic acids is 3. The van der Waals surface area contributed by atoms with Crippen LogP contribution in [0.2, 0.25) is 0 Å². The number of fused-ring (bicyclic) bond motifs is 3. The van der Waals surface area contributed by atoms with Crippen molar-refractivity contribution in [2.45, 2.75) is 104 Å². The van der Waals surface area contributed by atoms with E-state index >= 15 is 0 Å². The van der Waals surface area contributed by atoms with Crippen LogP contribution in [0.4, 0.5) is 0 Å². The van der Waals surface area contributed by atoms with Gasteiger partial charge in [0.2, 0.25) is 0 Å². The summed E-state index contributed by atoms with van der Waals surface area (Å²) in [6.07, 6.45) is 0.849. The molecule has 3 saturated heterocycles. The number of allylic oxidation sites excluding steroid dienone is 1. The highest BCUT2D eigenvalue weighted by atomic mass is 16.7. The molecule has 0 bridgehead atoms. The summed E-state index contributed by atoms with van der Waals surface area (Å²) in [5.41, 5.74) is -2.49. The predicted octanol–water partition coefficient (Wildman–Crippen LogP) is 2.69. The summed E-state index contributed by atoms with van der Waals surface area (Å²) in [6, 6.07) is 0. The van der Waals surface area contributed by atoms with Crippen molar-refractivity contribution in [1.82, 2.24) is 0 Å². The van der Waals surface area contributed by atoms with E-state index in [2.05, 4.69) is 13.8 Å².